The zero-order valence-corrected chi connectivity index (χ0v) is 31.7. The Morgan fingerprint density at radius 1 is 0.434 bits per heavy atom. The first kappa shape index (κ1) is 35.7. The van der Waals surface area contributed by atoms with E-state index in [4.69, 9.17) is 0 Å². The number of nitrogens with one attached hydrogen (secondary N) is 2. The van der Waals surface area contributed by atoms with E-state index in [2.05, 4.69) is 131 Å². The van der Waals surface area contributed by atoms with Crippen molar-refractivity contribution in [1.82, 2.24) is 0 Å². The van der Waals surface area contributed by atoms with Gasteiger partial charge in [0, 0.05) is 23.3 Å². The van der Waals surface area contributed by atoms with Gasteiger partial charge in [0.25, 0.3) is 10.0 Å². The summed E-state index contributed by atoms with van der Waals surface area (Å²) in [5.41, 5.74) is 4.71. The van der Waals surface area contributed by atoms with E-state index in [1.165, 1.54) is 25.4 Å². The summed E-state index contributed by atoms with van der Waals surface area (Å²) in [6.07, 6.45) is 0. The van der Waals surface area contributed by atoms with Gasteiger partial charge in [-0.1, -0.05) is 179 Å². The second-order valence-corrected chi connectivity index (χ2v) is 18.6. The Bertz CT molecular complexity index is 2470. The summed E-state index contributed by atoms with van der Waals surface area (Å²) in [6, 6.07) is 60.0. The number of rotatable bonds is 6. The molecule has 9 aromatic rings. The molecule has 0 bridgehead atoms. The topological polar surface area (TPSA) is 74.4 Å². The van der Waals surface area contributed by atoms with Crippen LogP contribution in [0.15, 0.2) is 176 Å². The molecule has 2 N–H and O–H groups in total. The third kappa shape index (κ3) is 6.96. The van der Waals surface area contributed by atoms with Crippen molar-refractivity contribution in [1.29, 1.82) is 0 Å². The average Bonchev–Trinajstić information content (AvgIpc) is 3.83. The number of H-pyrrole nitrogens is 2. The molecule has 53 heavy (non-hydrogen) atoms. The van der Waals surface area contributed by atoms with Crippen LogP contribution in [0.3, 0.4) is 0 Å². The summed E-state index contributed by atoms with van der Waals surface area (Å²) in [6.45, 7) is 2.00. The van der Waals surface area contributed by atoms with Crippen LogP contribution in [-0.2, 0) is 0 Å². The molecule has 0 atom stereocenters. The van der Waals surface area contributed by atoms with Crippen LogP contribution in [0.2, 0.25) is 0 Å². The summed E-state index contributed by atoms with van der Waals surface area (Å²) >= 11 is 3.25. The monoisotopic (exact) mass is 735 g/mol. The molecule has 0 fully saturated rings. The fourth-order valence-corrected chi connectivity index (χ4v) is 13.7. The third-order valence-electron chi connectivity index (χ3n) is 9.35. The van der Waals surface area contributed by atoms with Crippen molar-refractivity contribution in [2.24, 2.45) is 0 Å². The van der Waals surface area contributed by atoms with Crippen LogP contribution in [-0.4, -0.2) is 18.2 Å². The van der Waals surface area contributed by atoms with Crippen molar-refractivity contribution in [2.75, 3.05) is 0 Å². The van der Waals surface area contributed by atoms with E-state index < -0.39 is 8.07 Å². The SMILES string of the molecule is Cc1ccc([O-])c(-c2[nH+]c3ccccc3s2)c1.[Be+2].[O-]c1ccc([Si](c2ccccc2)(c2ccccc2)c2ccccc2)cc1-c1[nH+]c2ccccc2s1. The summed E-state index contributed by atoms with van der Waals surface area (Å²) in [4.78, 5) is 6.78. The molecule has 0 unspecified atom stereocenters. The Labute approximate surface area is 321 Å². The number of fused-ring (bicyclic) bond motifs is 2. The van der Waals surface area contributed by atoms with Crippen LogP contribution in [0.5, 0.6) is 11.5 Å². The van der Waals surface area contributed by atoms with Crippen LogP contribution < -0.4 is 40.9 Å². The van der Waals surface area contributed by atoms with Crippen molar-refractivity contribution >= 4 is 82.0 Å². The number of thiazole rings is 2. The van der Waals surface area contributed by atoms with E-state index in [1.807, 2.05) is 49.4 Å². The quantitative estimate of drug-likeness (QED) is 0.150. The van der Waals surface area contributed by atoms with Gasteiger partial charge in [0.05, 0.1) is 0 Å². The van der Waals surface area contributed by atoms with Gasteiger partial charge < -0.3 is 10.2 Å². The van der Waals surface area contributed by atoms with Crippen LogP contribution >= 0.6 is 22.7 Å². The number of aromatic amines is 2. The molecule has 7 aromatic carbocycles. The van der Waals surface area contributed by atoms with E-state index in [0.717, 1.165) is 42.4 Å². The standard InChI is InChI=1S/C31H23NOSSi.C14H11NOS.Be/c33-29-21-20-26(22-27(29)31-32-28-18-10-11-19-30(28)34-31)35(23-12-4-1-5-13-23,24-14-6-2-7-15-24)25-16-8-3-9-17-25;1-9-6-7-12(16)10(8-9)14-15-11-4-2-3-5-13(11)17-14;/h1-22,33H;2-8,16H,1H3;/q;;+2. The molecule has 0 amide bonds. The smallest absolute Gasteiger partial charge is 0.872 e. The van der Waals surface area contributed by atoms with Crippen LogP contribution in [0.1, 0.15) is 5.56 Å². The molecule has 0 aliphatic heterocycles. The first-order valence-electron chi connectivity index (χ1n) is 17.1. The Hall–Kier alpha value is -5.69. The summed E-state index contributed by atoms with van der Waals surface area (Å²) in [5, 5.41) is 31.9. The molecule has 8 heteroatoms. The van der Waals surface area contributed by atoms with Gasteiger partial charge in [-0.2, -0.15) is 9.97 Å². The third-order valence-corrected chi connectivity index (χ3v) is 16.3. The summed E-state index contributed by atoms with van der Waals surface area (Å²) < 4.78 is 2.31. The van der Waals surface area contributed by atoms with Gasteiger partial charge in [-0.25, -0.2) is 0 Å². The molecule has 2 heterocycles. The van der Waals surface area contributed by atoms with Crippen molar-refractivity contribution < 1.29 is 20.2 Å². The first-order chi connectivity index (χ1) is 25.5. The minimum Gasteiger partial charge on any atom is -0.872 e. The largest absolute Gasteiger partial charge is 2.00 e. The van der Waals surface area contributed by atoms with Gasteiger partial charge in [0.15, 0.2) is 8.07 Å². The van der Waals surface area contributed by atoms with Crippen LogP contribution in [0.4, 0.5) is 0 Å². The van der Waals surface area contributed by atoms with Gasteiger partial charge in [-0.05, 0) is 51.9 Å². The summed E-state index contributed by atoms with van der Waals surface area (Å²) in [5.74, 6) is 0.104. The first-order valence-corrected chi connectivity index (χ1v) is 20.7. The molecule has 252 valence electrons. The van der Waals surface area contributed by atoms with Gasteiger partial charge in [0.1, 0.15) is 9.40 Å². The minimum absolute atomic E-state index is 0. The maximum absolute atomic E-state index is 13.2. The molecule has 0 saturated carbocycles. The molecule has 0 aliphatic rings. The van der Waals surface area contributed by atoms with Gasteiger partial charge in [0.2, 0.25) is 11.0 Å². The van der Waals surface area contributed by atoms with Gasteiger partial charge in [-0.3, -0.25) is 0 Å². The number of hydrogen-bond donors (Lipinski definition) is 0. The Morgan fingerprint density at radius 3 is 1.28 bits per heavy atom. The molecule has 0 aliphatic carbocycles. The second-order valence-electron chi connectivity index (χ2n) is 12.7. The molecule has 4 nitrogen and oxygen atoms in total. The Balaban J connectivity index is 0.000000203. The van der Waals surface area contributed by atoms with E-state index in [0.29, 0.717) is 0 Å². The molecule has 2 aromatic heterocycles. The molecule has 0 saturated heterocycles. The van der Waals surface area contributed by atoms with E-state index in [1.54, 1.807) is 34.8 Å². The molecule has 0 radical (unpaired) electrons. The predicted octanol–water partition coefficient (Wildman–Crippen LogP) is 6.22. The van der Waals surface area contributed by atoms with Gasteiger partial charge in [-0.15, -0.1) is 0 Å². The fourth-order valence-electron chi connectivity index (χ4n) is 6.90. The van der Waals surface area contributed by atoms with Crippen molar-refractivity contribution in [3.63, 3.8) is 0 Å². The molecule has 0 spiro atoms. The van der Waals surface area contributed by atoms with Gasteiger partial charge >= 0.3 is 10.1 Å². The van der Waals surface area contributed by atoms with Crippen molar-refractivity contribution in [3.05, 3.63) is 181 Å². The predicted molar refractivity (Wildman–Crippen MR) is 221 cm³/mol. The number of aromatic nitrogens is 2. The molecule has 9 rings (SSSR count). The van der Waals surface area contributed by atoms with E-state index in [-0.39, 0.29) is 21.6 Å². The zero-order chi connectivity index (χ0) is 35.5. The van der Waals surface area contributed by atoms with Crippen LogP contribution in [0.25, 0.3) is 41.6 Å². The molecular weight excluding hydrogens is 702 g/mol. The number of benzene rings is 7. The normalized spacial score (nSPS) is 11.1. The number of para-hydroxylation sites is 2. The maximum Gasteiger partial charge on any atom is 2.00 e. The Kier molecular flexibility index (Phi) is 10.4. The number of aryl methyl sites for hydroxylation is 1. The summed E-state index contributed by atoms with van der Waals surface area (Å²) in [7, 11) is -2.67. The number of hydrogen-bond acceptors (Lipinski definition) is 4. The average molecular weight is 736 g/mol. The minimum atomic E-state index is -2.67. The van der Waals surface area contributed by atoms with E-state index in [9.17, 15) is 10.2 Å². The fraction of sp³-hybridized carbons (Fsp3) is 0.0222. The van der Waals surface area contributed by atoms with Crippen molar-refractivity contribution in [3.8, 4) is 32.6 Å². The zero-order valence-electron chi connectivity index (χ0n) is 29.1. The van der Waals surface area contributed by atoms with Crippen LogP contribution in [0, 0.1) is 6.92 Å². The van der Waals surface area contributed by atoms with E-state index >= 15 is 0 Å². The Morgan fingerprint density at radius 2 is 0.830 bits per heavy atom. The maximum atomic E-state index is 13.2. The molecular formula is C45H34BeN2O2S2Si+2. The van der Waals surface area contributed by atoms with Crippen molar-refractivity contribution in [2.45, 2.75) is 6.92 Å². The second kappa shape index (κ2) is 15.5.